The van der Waals surface area contributed by atoms with Gasteiger partial charge in [0, 0.05) is 0 Å². The Balaban J connectivity index is 2.07. The molecule has 2 heterocycles. The number of ether oxygens (including phenoxy) is 2. The Morgan fingerprint density at radius 1 is 1.50 bits per heavy atom. The summed E-state index contributed by atoms with van der Waals surface area (Å²) in [6, 6.07) is -0.322. The number of hydrogen-bond acceptors (Lipinski definition) is 5. The first-order valence-electron chi connectivity index (χ1n) is 4.90. The predicted molar refractivity (Wildman–Crippen MR) is 48.7 cm³/mol. The molecule has 0 aromatic carbocycles. The van der Waals surface area contributed by atoms with E-state index in [0.29, 0.717) is 6.61 Å². The standard InChI is InChI=1S/C9H17NO4/c1-9(2)13-4-6-8(14-9)7(12)5(3-11)10-6/h5-8,10-12H,3-4H2,1-2H3/t5-,6+,7-,8-/m1/s1. The smallest absolute Gasteiger partial charge is 0.163 e. The molecule has 0 aliphatic carbocycles. The minimum absolute atomic E-state index is 0.0184. The van der Waals surface area contributed by atoms with Crippen molar-refractivity contribution in [2.24, 2.45) is 0 Å². The van der Waals surface area contributed by atoms with E-state index in [1.165, 1.54) is 0 Å². The largest absolute Gasteiger partial charge is 0.395 e. The second kappa shape index (κ2) is 3.43. The van der Waals surface area contributed by atoms with E-state index >= 15 is 0 Å². The van der Waals surface area contributed by atoms with E-state index in [9.17, 15) is 5.11 Å². The summed E-state index contributed by atoms with van der Waals surface area (Å²) in [4.78, 5) is 0. The van der Waals surface area contributed by atoms with Crippen LogP contribution in [-0.4, -0.2) is 53.5 Å². The topological polar surface area (TPSA) is 71.0 Å². The number of aliphatic hydroxyl groups is 2. The monoisotopic (exact) mass is 203 g/mol. The molecule has 0 aromatic rings. The molecule has 0 radical (unpaired) electrons. The summed E-state index contributed by atoms with van der Waals surface area (Å²) in [6.45, 7) is 4.06. The fraction of sp³-hybridized carbons (Fsp3) is 1.00. The summed E-state index contributed by atoms with van der Waals surface area (Å²) in [5.41, 5.74) is 0. The van der Waals surface area contributed by atoms with Gasteiger partial charge in [-0.1, -0.05) is 0 Å². The maximum Gasteiger partial charge on any atom is 0.163 e. The Hall–Kier alpha value is -0.200. The van der Waals surface area contributed by atoms with Gasteiger partial charge >= 0.3 is 0 Å². The van der Waals surface area contributed by atoms with Crippen LogP contribution in [0.3, 0.4) is 0 Å². The molecular weight excluding hydrogens is 186 g/mol. The van der Waals surface area contributed by atoms with Gasteiger partial charge in [0.25, 0.3) is 0 Å². The molecule has 5 nitrogen and oxygen atoms in total. The molecule has 2 rings (SSSR count). The van der Waals surface area contributed by atoms with Crippen LogP contribution in [0, 0.1) is 0 Å². The normalized spacial score (nSPS) is 46.3. The van der Waals surface area contributed by atoms with E-state index in [2.05, 4.69) is 5.32 Å². The lowest BCUT2D eigenvalue weighted by atomic mass is 10.1. The van der Waals surface area contributed by atoms with E-state index in [1.54, 1.807) is 0 Å². The van der Waals surface area contributed by atoms with Crippen LogP contribution in [0.25, 0.3) is 0 Å². The van der Waals surface area contributed by atoms with Gasteiger partial charge in [0.05, 0.1) is 31.4 Å². The zero-order valence-electron chi connectivity index (χ0n) is 8.43. The lowest BCUT2D eigenvalue weighted by Gasteiger charge is -2.38. The van der Waals surface area contributed by atoms with Gasteiger partial charge in [-0.2, -0.15) is 0 Å². The Labute approximate surface area is 83.0 Å². The molecule has 2 aliphatic heterocycles. The molecule has 0 unspecified atom stereocenters. The number of aliphatic hydroxyl groups excluding tert-OH is 2. The van der Waals surface area contributed by atoms with Gasteiger partial charge in [-0.15, -0.1) is 0 Å². The molecule has 2 saturated heterocycles. The van der Waals surface area contributed by atoms with E-state index in [4.69, 9.17) is 14.6 Å². The third kappa shape index (κ3) is 1.66. The summed E-state index contributed by atoms with van der Waals surface area (Å²) in [7, 11) is 0. The van der Waals surface area contributed by atoms with E-state index in [1.807, 2.05) is 13.8 Å². The molecule has 0 amide bonds. The molecule has 14 heavy (non-hydrogen) atoms. The van der Waals surface area contributed by atoms with Gasteiger partial charge in [0.15, 0.2) is 5.79 Å². The van der Waals surface area contributed by atoms with Gasteiger partial charge in [-0.3, -0.25) is 0 Å². The van der Waals surface area contributed by atoms with Gasteiger partial charge in [0.1, 0.15) is 6.10 Å². The van der Waals surface area contributed by atoms with Crippen molar-refractivity contribution < 1.29 is 19.7 Å². The van der Waals surface area contributed by atoms with E-state index in [-0.39, 0.29) is 24.8 Å². The highest BCUT2D eigenvalue weighted by Gasteiger charge is 2.48. The van der Waals surface area contributed by atoms with Crippen molar-refractivity contribution in [2.75, 3.05) is 13.2 Å². The van der Waals surface area contributed by atoms with Gasteiger partial charge in [-0.25, -0.2) is 0 Å². The summed E-state index contributed by atoms with van der Waals surface area (Å²) in [6.07, 6.45) is -0.941. The Morgan fingerprint density at radius 3 is 2.86 bits per heavy atom. The molecule has 0 saturated carbocycles. The fourth-order valence-corrected chi connectivity index (χ4v) is 2.04. The molecule has 2 aliphatic rings. The van der Waals surface area contributed by atoms with Crippen molar-refractivity contribution in [3.63, 3.8) is 0 Å². The third-order valence-electron chi connectivity index (χ3n) is 2.80. The van der Waals surface area contributed by atoms with Crippen molar-refractivity contribution in [2.45, 2.75) is 43.9 Å². The molecule has 0 spiro atoms. The first kappa shape index (κ1) is 10.3. The van der Waals surface area contributed by atoms with Crippen LogP contribution in [0.15, 0.2) is 0 Å². The molecule has 4 atom stereocenters. The molecule has 3 N–H and O–H groups in total. The average molecular weight is 203 g/mol. The van der Waals surface area contributed by atoms with Crippen molar-refractivity contribution in [3.05, 3.63) is 0 Å². The minimum atomic E-state index is -0.659. The highest BCUT2D eigenvalue weighted by atomic mass is 16.7. The molecule has 0 aromatic heterocycles. The van der Waals surface area contributed by atoms with Crippen LogP contribution >= 0.6 is 0 Å². The first-order valence-corrected chi connectivity index (χ1v) is 4.90. The van der Waals surface area contributed by atoms with Gasteiger partial charge in [-0.05, 0) is 13.8 Å². The second-order valence-corrected chi connectivity index (χ2v) is 4.35. The van der Waals surface area contributed by atoms with E-state index < -0.39 is 11.9 Å². The minimum Gasteiger partial charge on any atom is -0.395 e. The number of nitrogens with one attached hydrogen (secondary N) is 1. The Bertz CT molecular complexity index is 219. The third-order valence-corrected chi connectivity index (χ3v) is 2.80. The van der Waals surface area contributed by atoms with Gasteiger partial charge in [0.2, 0.25) is 0 Å². The van der Waals surface area contributed by atoms with E-state index in [0.717, 1.165) is 0 Å². The maximum absolute atomic E-state index is 9.81. The van der Waals surface area contributed by atoms with Crippen LogP contribution in [0.5, 0.6) is 0 Å². The van der Waals surface area contributed by atoms with Crippen LogP contribution in [0.1, 0.15) is 13.8 Å². The highest BCUT2D eigenvalue weighted by molar-refractivity contribution is 5.01. The second-order valence-electron chi connectivity index (χ2n) is 4.35. The van der Waals surface area contributed by atoms with Crippen LogP contribution in [0.4, 0.5) is 0 Å². The summed E-state index contributed by atoms with van der Waals surface area (Å²) in [5, 5.41) is 21.9. The highest BCUT2D eigenvalue weighted by Crippen LogP contribution is 2.29. The molecule has 5 heteroatoms. The number of rotatable bonds is 1. The molecule has 82 valence electrons. The summed E-state index contributed by atoms with van der Waals surface area (Å²) < 4.78 is 11.0. The fourth-order valence-electron chi connectivity index (χ4n) is 2.04. The van der Waals surface area contributed by atoms with Crippen LogP contribution < -0.4 is 5.32 Å². The van der Waals surface area contributed by atoms with Crippen molar-refractivity contribution in [1.82, 2.24) is 5.32 Å². The molecule has 2 fully saturated rings. The lowest BCUT2D eigenvalue weighted by molar-refractivity contribution is -0.287. The summed E-state index contributed by atoms with van der Waals surface area (Å²) >= 11 is 0. The van der Waals surface area contributed by atoms with Crippen LogP contribution in [-0.2, 0) is 9.47 Å². The average Bonchev–Trinajstić information content (AvgIpc) is 2.42. The zero-order chi connectivity index (χ0) is 10.3. The van der Waals surface area contributed by atoms with Crippen molar-refractivity contribution >= 4 is 0 Å². The quantitative estimate of drug-likeness (QED) is 0.501. The zero-order valence-corrected chi connectivity index (χ0v) is 8.43. The number of fused-ring (bicyclic) bond motifs is 1. The SMILES string of the molecule is CC1(C)OC[C@@H]2N[C@H](CO)[C@@H](O)[C@@H]2O1. The number of hydrogen-bond donors (Lipinski definition) is 3. The summed E-state index contributed by atoms with van der Waals surface area (Å²) in [5.74, 6) is -0.645. The van der Waals surface area contributed by atoms with Crippen LogP contribution in [0.2, 0.25) is 0 Å². The Kier molecular flexibility index (Phi) is 2.53. The van der Waals surface area contributed by atoms with Gasteiger partial charge < -0.3 is 25.0 Å². The Morgan fingerprint density at radius 2 is 2.21 bits per heavy atom. The maximum atomic E-state index is 9.81. The lowest BCUT2D eigenvalue weighted by Crippen LogP contribution is -2.51. The van der Waals surface area contributed by atoms with Crippen molar-refractivity contribution in [3.8, 4) is 0 Å². The predicted octanol–water partition coefficient (Wildman–Crippen LogP) is -1.17. The molecule has 0 bridgehead atoms. The van der Waals surface area contributed by atoms with Crippen molar-refractivity contribution in [1.29, 1.82) is 0 Å². The first-order chi connectivity index (χ1) is 6.53. The molecular formula is C9H17NO4.